The summed E-state index contributed by atoms with van der Waals surface area (Å²) in [6.45, 7) is 7.30. The normalized spacial score (nSPS) is 19.5. The lowest BCUT2D eigenvalue weighted by atomic mass is 9.85. The van der Waals surface area contributed by atoms with Crippen LogP contribution in [0.5, 0.6) is 0 Å². The topological polar surface area (TPSA) is 101 Å². The maximum atomic E-state index is 13.3. The van der Waals surface area contributed by atoms with E-state index < -0.39 is 6.09 Å². The molecular formula is C27H44N4O5. The first-order valence-corrected chi connectivity index (χ1v) is 13.3. The summed E-state index contributed by atoms with van der Waals surface area (Å²) < 4.78 is 15.9. The smallest absolute Gasteiger partial charge is 0.406 e. The van der Waals surface area contributed by atoms with Crippen molar-refractivity contribution < 1.29 is 23.8 Å². The Balaban J connectivity index is 1.57. The fourth-order valence-electron chi connectivity index (χ4n) is 5.42. The third-order valence-corrected chi connectivity index (χ3v) is 7.23. The van der Waals surface area contributed by atoms with Gasteiger partial charge in [0, 0.05) is 51.4 Å². The minimum absolute atomic E-state index is 0.0345. The number of carbonyl (C=O) groups is 2. The Bertz CT molecular complexity index is 830. The van der Waals surface area contributed by atoms with Gasteiger partial charge in [0.2, 0.25) is 0 Å². The van der Waals surface area contributed by atoms with Gasteiger partial charge in [-0.25, -0.2) is 9.59 Å². The molecule has 0 bridgehead atoms. The minimum atomic E-state index is -0.458. The van der Waals surface area contributed by atoms with Crippen molar-refractivity contribution >= 4 is 12.1 Å². The summed E-state index contributed by atoms with van der Waals surface area (Å²) in [6, 6.07) is 6.44. The molecule has 2 heterocycles. The minimum Gasteiger partial charge on any atom is -0.453 e. The van der Waals surface area contributed by atoms with E-state index in [9.17, 15) is 9.59 Å². The molecule has 2 atom stereocenters. The number of nitrogens with one attached hydrogen (secondary N) is 3. The number of hydrogen-bond acceptors (Lipinski definition) is 6. The maximum Gasteiger partial charge on any atom is 0.406 e. The second-order valence-electron chi connectivity index (χ2n) is 9.90. The van der Waals surface area contributed by atoms with E-state index in [1.165, 1.54) is 18.2 Å². The van der Waals surface area contributed by atoms with Crippen molar-refractivity contribution in [1.82, 2.24) is 20.9 Å². The van der Waals surface area contributed by atoms with Crippen LogP contribution in [0.4, 0.5) is 9.59 Å². The highest BCUT2D eigenvalue weighted by molar-refractivity contribution is 5.74. The van der Waals surface area contributed by atoms with Gasteiger partial charge < -0.3 is 35.1 Å². The van der Waals surface area contributed by atoms with Crippen molar-refractivity contribution in [2.45, 2.75) is 57.6 Å². The molecule has 36 heavy (non-hydrogen) atoms. The van der Waals surface area contributed by atoms with Crippen molar-refractivity contribution in [3.05, 3.63) is 34.9 Å². The zero-order chi connectivity index (χ0) is 25.8. The molecule has 0 unspecified atom stereocenters. The first-order chi connectivity index (χ1) is 17.5. The summed E-state index contributed by atoms with van der Waals surface area (Å²) in [5.41, 5.74) is 3.65. The quantitative estimate of drug-likeness (QED) is 0.400. The number of hydrogen-bond donors (Lipinski definition) is 3. The second-order valence-corrected chi connectivity index (χ2v) is 9.90. The number of likely N-dealkylation sites (tertiary alicyclic amines) is 1. The van der Waals surface area contributed by atoms with Gasteiger partial charge in [0.1, 0.15) is 0 Å². The average molecular weight is 505 g/mol. The van der Waals surface area contributed by atoms with Crippen LogP contribution in [0.25, 0.3) is 0 Å². The van der Waals surface area contributed by atoms with Gasteiger partial charge in [0.15, 0.2) is 0 Å². The predicted octanol–water partition coefficient (Wildman–Crippen LogP) is 3.16. The zero-order valence-corrected chi connectivity index (χ0v) is 22.1. The highest BCUT2D eigenvalue weighted by Gasteiger charge is 2.29. The van der Waals surface area contributed by atoms with Crippen LogP contribution in [0.3, 0.4) is 0 Å². The molecule has 2 aliphatic heterocycles. The van der Waals surface area contributed by atoms with E-state index in [1.54, 1.807) is 0 Å². The number of amides is 3. The first kappa shape index (κ1) is 28.2. The van der Waals surface area contributed by atoms with Crippen LogP contribution in [0.2, 0.25) is 0 Å². The van der Waals surface area contributed by atoms with Crippen LogP contribution in [0, 0.1) is 12.8 Å². The lowest BCUT2D eigenvalue weighted by Crippen LogP contribution is -2.51. The number of carbonyl (C=O) groups excluding carboxylic acids is 2. The van der Waals surface area contributed by atoms with E-state index in [1.807, 2.05) is 11.9 Å². The van der Waals surface area contributed by atoms with Crippen molar-refractivity contribution in [2.75, 3.05) is 60.2 Å². The van der Waals surface area contributed by atoms with Crippen LogP contribution in [-0.4, -0.2) is 83.2 Å². The molecule has 3 N–H and O–H groups in total. The molecule has 2 aliphatic rings. The molecule has 0 spiro atoms. The summed E-state index contributed by atoms with van der Waals surface area (Å²) in [5, 5.41) is 9.19. The van der Waals surface area contributed by atoms with Gasteiger partial charge in [0.05, 0.1) is 20.3 Å². The molecule has 3 amide bonds. The Hall–Kier alpha value is -2.36. The van der Waals surface area contributed by atoms with Crippen LogP contribution >= 0.6 is 0 Å². The van der Waals surface area contributed by atoms with Crippen molar-refractivity contribution in [3.63, 3.8) is 0 Å². The van der Waals surface area contributed by atoms with Crippen LogP contribution < -0.4 is 16.0 Å². The molecule has 9 nitrogen and oxygen atoms in total. The fourth-order valence-corrected chi connectivity index (χ4v) is 5.42. The molecule has 0 aliphatic carbocycles. The number of urea groups is 1. The summed E-state index contributed by atoms with van der Waals surface area (Å²) in [4.78, 5) is 26.5. The van der Waals surface area contributed by atoms with Crippen LogP contribution in [0.15, 0.2) is 18.2 Å². The monoisotopic (exact) mass is 504 g/mol. The Labute approximate surface area is 215 Å². The molecule has 2 saturated heterocycles. The highest BCUT2D eigenvalue weighted by atomic mass is 16.5. The lowest BCUT2D eigenvalue weighted by Gasteiger charge is -2.36. The van der Waals surface area contributed by atoms with E-state index >= 15 is 0 Å². The molecule has 9 heteroatoms. The Morgan fingerprint density at radius 3 is 2.78 bits per heavy atom. The fraction of sp³-hybridized carbons (Fsp3) is 0.704. The van der Waals surface area contributed by atoms with Gasteiger partial charge in [-0.15, -0.1) is 0 Å². The summed E-state index contributed by atoms with van der Waals surface area (Å²) in [5.74, 6) is 0.875. The lowest BCUT2D eigenvalue weighted by molar-refractivity contribution is 0.0606. The molecule has 2 fully saturated rings. The number of methoxy groups -OCH3 is 1. The van der Waals surface area contributed by atoms with Gasteiger partial charge in [-0.05, 0) is 68.7 Å². The van der Waals surface area contributed by atoms with Crippen LogP contribution in [-0.2, 0) is 20.8 Å². The van der Waals surface area contributed by atoms with Crippen molar-refractivity contribution in [1.29, 1.82) is 0 Å². The number of benzene rings is 1. The molecule has 202 valence electrons. The number of aryl methyl sites for hydroxylation is 1. The average Bonchev–Trinajstić information content (AvgIpc) is 2.89. The van der Waals surface area contributed by atoms with E-state index in [0.29, 0.717) is 32.2 Å². The van der Waals surface area contributed by atoms with E-state index in [4.69, 9.17) is 9.47 Å². The summed E-state index contributed by atoms with van der Waals surface area (Å²) >= 11 is 0. The number of nitrogens with zero attached hydrogens (tertiary/aromatic N) is 1. The molecule has 3 rings (SSSR count). The number of likely N-dealkylation sites (N-methyl/N-ethyl adjacent to an activating group) is 1. The van der Waals surface area contributed by atoms with E-state index in [0.717, 1.165) is 64.0 Å². The van der Waals surface area contributed by atoms with Gasteiger partial charge in [0.25, 0.3) is 0 Å². The maximum absolute atomic E-state index is 13.3. The summed E-state index contributed by atoms with van der Waals surface area (Å²) in [6.07, 6.45) is 4.69. The predicted molar refractivity (Wildman–Crippen MR) is 139 cm³/mol. The largest absolute Gasteiger partial charge is 0.453 e. The number of ether oxygens (including phenoxy) is 3. The standard InChI is InChI=1S/C27H44N4O5/c1-20-6-4-7-23(19-36-15-11-29-27(33)34-3)25(20)22-8-5-12-31(18-22)26(32)30-24(17-28-2)16-21-9-13-35-14-10-21/h4,6-7,21-22,24,28H,5,8-19H2,1-3H3,(H,29,33)(H,30,32)/t22-,24-/m0/s1. The molecule has 0 radical (unpaired) electrons. The molecule has 1 aromatic rings. The van der Waals surface area contributed by atoms with E-state index in [2.05, 4.69) is 45.8 Å². The Morgan fingerprint density at radius 2 is 2.03 bits per heavy atom. The Morgan fingerprint density at radius 1 is 1.22 bits per heavy atom. The van der Waals surface area contributed by atoms with E-state index in [-0.39, 0.29) is 18.0 Å². The molecule has 0 aromatic heterocycles. The second kappa shape index (κ2) is 15.0. The first-order valence-electron chi connectivity index (χ1n) is 13.3. The summed E-state index contributed by atoms with van der Waals surface area (Å²) in [7, 11) is 3.28. The number of piperidine rings is 1. The molecule has 0 saturated carbocycles. The molecular weight excluding hydrogens is 460 g/mol. The number of rotatable bonds is 11. The van der Waals surface area contributed by atoms with Gasteiger partial charge in [-0.1, -0.05) is 18.2 Å². The van der Waals surface area contributed by atoms with Crippen molar-refractivity contribution in [2.24, 2.45) is 5.92 Å². The van der Waals surface area contributed by atoms with Gasteiger partial charge >= 0.3 is 12.1 Å². The van der Waals surface area contributed by atoms with Gasteiger partial charge in [-0.2, -0.15) is 0 Å². The number of alkyl carbamates (subject to hydrolysis) is 1. The molecule has 1 aromatic carbocycles. The highest BCUT2D eigenvalue weighted by Crippen LogP contribution is 2.32. The zero-order valence-electron chi connectivity index (χ0n) is 22.1. The van der Waals surface area contributed by atoms with Gasteiger partial charge in [-0.3, -0.25) is 0 Å². The van der Waals surface area contributed by atoms with Crippen molar-refractivity contribution in [3.8, 4) is 0 Å². The SMILES string of the molecule is CNC[C@H](CC1CCOCC1)NC(=O)N1CCC[C@H](c2c(C)cccc2COCCNC(=O)OC)C1. The third kappa shape index (κ3) is 8.64. The third-order valence-electron chi connectivity index (χ3n) is 7.23. The van der Waals surface area contributed by atoms with Crippen LogP contribution in [0.1, 0.15) is 54.7 Å². The Kier molecular flexibility index (Phi) is 11.8.